The average Bonchev–Trinajstić information content (AvgIpc) is 3.26. The summed E-state index contributed by atoms with van der Waals surface area (Å²) in [6.45, 7) is 7.25. The van der Waals surface area contributed by atoms with Crippen LogP contribution in [0, 0.1) is 18.3 Å². The number of hydrogen-bond acceptors (Lipinski definition) is 5. The third-order valence-corrected chi connectivity index (χ3v) is 10.4. The minimum absolute atomic E-state index is 0.112. The lowest BCUT2D eigenvalue weighted by molar-refractivity contribution is -0.154. The van der Waals surface area contributed by atoms with Gasteiger partial charge in [0.15, 0.2) is 0 Å². The van der Waals surface area contributed by atoms with Gasteiger partial charge >= 0.3 is 12.1 Å². The molecule has 3 N–H and O–H groups in total. The molecule has 2 aromatic rings. The Bertz CT molecular complexity index is 1480. The van der Waals surface area contributed by atoms with Gasteiger partial charge in [-0.05, 0) is 83.1 Å². The number of carboxylic acids is 1. The lowest BCUT2D eigenvalue weighted by Gasteiger charge is -2.33. The van der Waals surface area contributed by atoms with Crippen molar-refractivity contribution >= 4 is 21.9 Å². The summed E-state index contributed by atoms with van der Waals surface area (Å²) in [5.74, 6) is -1.29. The molecule has 44 heavy (non-hydrogen) atoms. The molecule has 0 radical (unpaired) electrons. The molecule has 1 aliphatic carbocycles. The fourth-order valence-electron chi connectivity index (χ4n) is 6.15. The topological polar surface area (TPSA) is 127 Å². The van der Waals surface area contributed by atoms with Gasteiger partial charge in [-0.1, -0.05) is 25.3 Å². The number of benzene rings is 1. The summed E-state index contributed by atoms with van der Waals surface area (Å²) in [7, 11) is -4.51. The molecule has 0 atom stereocenters. The molecular weight excluding hydrogens is 599 g/mol. The number of aliphatic carboxylic acids is 1. The SMILES string of the molecule is Cc1c(C(=O)NCC2(C(=O)O)CCOCC2)cc(-c2ccc(S(=O)(=O)NC(C)(C)C)c(C(F)(F)F)c2)n1CC1CCCCC1. The maximum atomic E-state index is 14.4. The quantitative estimate of drug-likeness (QED) is 0.320. The van der Waals surface area contributed by atoms with Crippen molar-refractivity contribution in [1.29, 1.82) is 0 Å². The molecule has 2 fully saturated rings. The van der Waals surface area contributed by atoms with Crippen LogP contribution in [0.5, 0.6) is 0 Å². The number of aromatic nitrogens is 1. The maximum Gasteiger partial charge on any atom is 0.417 e. The molecule has 1 saturated heterocycles. The Morgan fingerprint density at radius 2 is 1.70 bits per heavy atom. The highest BCUT2D eigenvalue weighted by Gasteiger charge is 2.41. The second kappa shape index (κ2) is 12.8. The van der Waals surface area contributed by atoms with Crippen LogP contribution in [0.25, 0.3) is 11.3 Å². The first-order chi connectivity index (χ1) is 20.4. The van der Waals surface area contributed by atoms with E-state index in [2.05, 4.69) is 10.0 Å². The van der Waals surface area contributed by atoms with Crippen LogP contribution in [0.1, 0.15) is 87.3 Å². The molecule has 9 nitrogen and oxygen atoms in total. The number of alkyl halides is 3. The molecule has 1 saturated carbocycles. The maximum absolute atomic E-state index is 14.4. The third-order valence-electron chi connectivity index (χ3n) is 8.58. The van der Waals surface area contributed by atoms with Crippen molar-refractivity contribution in [3.05, 3.63) is 41.1 Å². The molecule has 1 amide bonds. The highest BCUT2D eigenvalue weighted by molar-refractivity contribution is 7.89. The van der Waals surface area contributed by atoms with Gasteiger partial charge < -0.3 is 19.7 Å². The number of nitrogens with one attached hydrogen (secondary N) is 2. The Hall–Kier alpha value is -2.90. The standard InChI is InChI=1S/C31H42F3N3O6S/c1-20-23(27(38)35-19-30(28(39)40)12-14-43-15-13-30)17-25(37(20)18-21-8-6-5-7-9-21)22-10-11-26(24(16-22)31(32,33)34)44(41,42)36-29(2,3)4/h10-11,16-17,21,36H,5-9,12-15,18-19H2,1-4H3,(H,35,38)(H,39,40). The largest absolute Gasteiger partial charge is 0.481 e. The van der Waals surface area contributed by atoms with E-state index in [0.29, 0.717) is 17.9 Å². The highest BCUT2D eigenvalue weighted by atomic mass is 32.2. The molecule has 1 aliphatic heterocycles. The predicted octanol–water partition coefficient (Wildman–Crippen LogP) is 5.75. The summed E-state index contributed by atoms with van der Waals surface area (Å²) in [4.78, 5) is 24.7. The van der Waals surface area contributed by atoms with Crippen molar-refractivity contribution in [2.75, 3.05) is 19.8 Å². The number of sulfonamides is 1. The number of hydrogen-bond donors (Lipinski definition) is 3. The number of rotatable bonds is 9. The van der Waals surface area contributed by atoms with E-state index in [1.807, 2.05) is 4.57 Å². The molecular formula is C31H42F3N3O6S. The van der Waals surface area contributed by atoms with E-state index in [1.54, 1.807) is 27.7 Å². The van der Waals surface area contributed by atoms with Crippen molar-refractivity contribution in [2.24, 2.45) is 11.3 Å². The zero-order valence-corrected chi connectivity index (χ0v) is 26.5. The number of halogens is 3. The van der Waals surface area contributed by atoms with Crippen LogP contribution in [0.15, 0.2) is 29.2 Å². The lowest BCUT2D eigenvalue weighted by atomic mass is 9.80. The van der Waals surface area contributed by atoms with Crippen molar-refractivity contribution in [3.8, 4) is 11.3 Å². The average molecular weight is 642 g/mol. The second-order valence-corrected chi connectivity index (χ2v) is 14.7. The molecule has 0 unspecified atom stereocenters. The van der Waals surface area contributed by atoms with Crippen molar-refractivity contribution in [2.45, 2.75) is 95.8 Å². The molecule has 13 heteroatoms. The minimum Gasteiger partial charge on any atom is -0.481 e. The summed E-state index contributed by atoms with van der Waals surface area (Å²) < 4.78 is 78.5. The first-order valence-corrected chi connectivity index (χ1v) is 16.5. The number of carboxylic acid groups (broad SMARTS) is 1. The van der Waals surface area contributed by atoms with E-state index < -0.39 is 49.5 Å². The Morgan fingerprint density at radius 1 is 1.07 bits per heavy atom. The van der Waals surface area contributed by atoms with Gasteiger partial charge in [-0.25, -0.2) is 13.1 Å². The molecule has 0 spiro atoms. The summed E-state index contributed by atoms with van der Waals surface area (Å²) in [5, 5.41) is 12.6. The van der Waals surface area contributed by atoms with E-state index in [9.17, 15) is 36.3 Å². The zero-order valence-electron chi connectivity index (χ0n) is 25.6. The van der Waals surface area contributed by atoms with Crippen LogP contribution in [0.2, 0.25) is 0 Å². The molecule has 2 aliphatic rings. The van der Waals surface area contributed by atoms with E-state index in [-0.39, 0.29) is 49.6 Å². The highest BCUT2D eigenvalue weighted by Crippen LogP contribution is 2.39. The molecule has 244 valence electrons. The zero-order chi connectivity index (χ0) is 32.5. The van der Waals surface area contributed by atoms with Gasteiger partial charge in [0.2, 0.25) is 10.0 Å². The van der Waals surface area contributed by atoms with Crippen LogP contribution < -0.4 is 10.0 Å². The smallest absolute Gasteiger partial charge is 0.417 e. The number of carbonyl (C=O) groups excluding carboxylic acids is 1. The van der Waals surface area contributed by atoms with E-state index in [1.165, 1.54) is 12.1 Å². The van der Waals surface area contributed by atoms with Gasteiger partial charge in [0, 0.05) is 43.2 Å². The molecule has 1 aromatic carbocycles. The fraction of sp³-hybridized carbons (Fsp3) is 0.613. The Balaban J connectivity index is 1.77. The van der Waals surface area contributed by atoms with Gasteiger partial charge in [0.05, 0.1) is 21.4 Å². The molecule has 2 heterocycles. The van der Waals surface area contributed by atoms with E-state index in [0.717, 1.165) is 44.2 Å². The monoisotopic (exact) mass is 641 g/mol. The van der Waals surface area contributed by atoms with Gasteiger partial charge in [-0.3, -0.25) is 9.59 Å². The Morgan fingerprint density at radius 3 is 2.27 bits per heavy atom. The third kappa shape index (κ3) is 7.66. The van der Waals surface area contributed by atoms with E-state index >= 15 is 0 Å². The first-order valence-electron chi connectivity index (χ1n) is 15.0. The normalized spacial score (nSPS) is 18.2. The number of carbonyl (C=O) groups is 2. The summed E-state index contributed by atoms with van der Waals surface area (Å²) in [5.41, 5.74) is -2.23. The lowest BCUT2D eigenvalue weighted by Crippen LogP contribution is -2.46. The van der Waals surface area contributed by atoms with Crippen molar-refractivity contribution < 1.29 is 41.0 Å². The van der Waals surface area contributed by atoms with Crippen molar-refractivity contribution in [3.63, 3.8) is 0 Å². The van der Waals surface area contributed by atoms with Crippen LogP contribution >= 0.6 is 0 Å². The van der Waals surface area contributed by atoms with Crippen molar-refractivity contribution in [1.82, 2.24) is 14.6 Å². The second-order valence-electron chi connectivity index (χ2n) is 13.1. The summed E-state index contributed by atoms with van der Waals surface area (Å²) in [6.07, 6.45) is 0.621. The van der Waals surface area contributed by atoms with Gasteiger partial charge in [-0.2, -0.15) is 13.2 Å². The fourth-order valence-corrected chi connectivity index (χ4v) is 7.78. The van der Waals surface area contributed by atoms with Gasteiger partial charge in [0.1, 0.15) is 0 Å². The van der Waals surface area contributed by atoms with Gasteiger partial charge in [-0.15, -0.1) is 0 Å². The van der Waals surface area contributed by atoms with Crippen LogP contribution in [0.4, 0.5) is 13.2 Å². The minimum atomic E-state index is -4.97. The summed E-state index contributed by atoms with van der Waals surface area (Å²) >= 11 is 0. The number of nitrogens with zero attached hydrogens (tertiary/aromatic N) is 1. The van der Waals surface area contributed by atoms with E-state index in [4.69, 9.17) is 4.74 Å². The Labute approximate surface area is 256 Å². The van der Waals surface area contributed by atoms with Crippen LogP contribution in [-0.2, 0) is 32.3 Å². The molecule has 0 bridgehead atoms. The summed E-state index contributed by atoms with van der Waals surface area (Å²) in [6, 6.07) is 4.64. The Kier molecular flexibility index (Phi) is 9.92. The number of amides is 1. The molecule has 4 rings (SSSR count). The number of ether oxygens (including phenoxy) is 1. The van der Waals surface area contributed by atoms with Gasteiger partial charge in [0.25, 0.3) is 5.91 Å². The van der Waals surface area contributed by atoms with Crippen LogP contribution in [-0.4, -0.2) is 55.3 Å². The molecule has 1 aromatic heterocycles. The van der Waals surface area contributed by atoms with Crippen LogP contribution in [0.3, 0.4) is 0 Å². The first kappa shape index (κ1) is 34.0. The predicted molar refractivity (Wildman–Crippen MR) is 159 cm³/mol.